The molecule has 0 saturated heterocycles. The normalized spacial score (nSPS) is 12.7. The van der Waals surface area contributed by atoms with Crippen molar-refractivity contribution >= 4 is 17.2 Å². The van der Waals surface area contributed by atoms with Crippen LogP contribution in [0.5, 0.6) is 0 Å². The van der Waals surface area contributed by atoms with Crippen LogP contribution in [-0.2, 0) is 10.2 Å². The number of nitrogens with one attached hydrogen (secondary N) is 1. The quantitative estimate of drug-likeness (QED) is 0.803. The van der Waals surface area contributed by atoms with Crippen molar-refractivity contribution in [2.45, 2.75) is 40.0 Å². The predicted molar refractivity (Wildman–Crippen MR) is 77.9 cm³/mol. The highest BCUT2D eigenvalue weighted by molar-refractivity contribution is 5.84. The van der Waals surface area contributed by atoms with E-state index in [1.165, 1.54) is 10.9 Å². The molecule has 2 nitrogen and oxygen atoms in total. The summed E-state index contributed by atoms with van der Waals surface area (Å²) in [4.78, 5) is 14.2. The summed E-state index contributed by atoms with van der Waals surface area (Å²) in [6, 6.07) is 8.20. The maximum absolute atomic E-state index is 11.0. The molecule has 0 fully saturated rings. The van der Waals surface area contributed by atoms with Gasteiger partial charge in [-0.2, -0.15) is 0 Å². The Kier molecular flexibility index (Phi) is 4.71. The van der Waals surface area contributed by atoms with Crippen LogP contribution in [0.1, 0.15) is 40.2 Å². The van der Waals surface area contributed by atoms with Crippen molar-refractivity contribution in [2.75, 3.05) is 0 Å². The van der Waals surface area contributed by atoms with E-state index >= 15 is 0 Å². The van der Waals surface area contributed by atoms with Crippen molar-refractivity contribution in [3.8, 4) is 0 Å². The van der Waals surface area contributed by atoms with E-state index in [2.05, 4.69) is 31.0 Å². The molecule has 0 bridgehead atoms. The molecule has 1 heterocycles. The average Bonchev–Trinajstić information content (AvgIpc) is 2.84. The first-order valence-corrected chi connectivity index (χ1v) is 6.59. The SMILES string of the molecule is CC.CC(C=O)C(C)(C)c1c[nH]c2ccccc12. The van der Waals surface area contributed by atoms with Crippen LogP contribution in [-0.4, -0.2) is 11.3 Å². The van der Waals surface area contributed by atoms with E-state index < -0.39 is 0 Å². The fraction of sp³-hybridized carbons (Fsp3) is 0.438. The minimum absolute atomic E-state index is 0.00621. The van der Waals surface area contributed by atoms with Crippen molar-refractivity contribution < 1.29 is 4.79 Å². The van der Waals surface area contributed by atoms with Gasteiger partial charge in [0.25, 0.3) is 0 Å². The number of hydrogen-bond acceptors (Lipinski definition) is 1. The lowest BCUT2D eigenvalue weighted by atomic mass is 9.75. The summed E-state index contributed by atoms with van der Waals surface area (Å²) in [7, 11) is 0. The molecule has 0 spiro atoms. The second kappa shape index (κ2) is 5.85. The lowest BCUT2D eigenvalue weighted by Gasteiger charge is -2.27. The summed E-state index contributed by atoms with van der Waals surface area (Å²) >= 11 is 0. The van der Waals surface area contributed by atoms with E-state index in [1.54, 1.807) is 0 Å². The summed E-state index contributed by atoms with van der Waals surface area (Å²) in [5, 5.41) is 1.21. The van der Waals surface area contributed by atoms with Gasteiger partial charge in [0.1, 0.15) is 6.29 Å². The van der Waals surface area contributed by atoms with E-state index in [4.69, 9.17) is 0 Å². The molecule has 0 aliphatic rings. The summed E-state index contributed by atoms with van der Waals surface area (Å²) < 4.78 is 0. The maximum atomic E-state index is 11.0. The second-order valence-corrected chi connectivity index (χ2v) is 4.89. The van der Waals surface area contributed by atoms with Gasteiger partial charge in [0.05, 0.1) is 0 Å². The Labute approximate surface area is 109 Å². The highest BCUT2D eigenvalue weighted by atomic mass is 16.1. The number of fused-ring (bicyclic) bond motifs is 1. The molecule has 98 valence electrons. The Hall–Kier alpha value is -1.57. The van der Waals surface area contributed by atoms with Gasteiger partial charge in [-0.1, -0.05) is 52.8 Å². The van der Waals surface area contributed by atoms with Gasteiger partial charge in [0.15, 0.2) is 0 Å². The van der Waals surface area contributed by atoms with Crippen LogP contribution in [0, 0.1) is 5.92 Å². The van der Waals surface area contributed by atoms with Gasteiger partial charge in [-0.15, -0.1) is 0 Å². The van der Waals surface area contributed by atoms with Gasteiger partial charge in [0, 0.05) is 28.4 Å². The molecule has 1 unspecified atom stereocenters. The summed E-state index contributed by atoms with van der Waals surface area (Å²) in [5.41, 5.74) is 2.20. The first-order chi connectivity index (χ1) is 8.57. The van der Waals surface area contributed by atoms with Crippen LogP contribution in [0.3, 0.4) is 0 Å². The van der Waals surface area contributed by atoms with Crippen LogP contribution in [0.15, 0.2) is 30.5 Å². The smallest absolute Gasteiger partial charge is 0.123 e. The Morgan fingerprint density at radius 3 is 2.44 bits per heavy atom. The molecule has 0 amide bonds. The van der Waals surface area contributed by atoms with Crippen molar-refractivity contribution in [3.63, 3.8) is 0 Å². The standard InChI is InChI=1S/C14H17NO.C2H6/c1-10(9-16)14(2,3)12-8-15-13-7-5-4-6-11(12)13;1-2/h4-10,15H,1-3H3;1-2H3. The van der Waals surface area contributed by atoms with Crippen molar-refractivity contribution in [1.82, 2.24) is 4.98 Å². The number of hydrogen-bond donors (Lipinski definition) is 1. The van der Waals surface area contributed by atoms with Crippen molar-refractivity contribution in [2.24, 2.45) is 5.92 Å². The molecule has 18 heavy (non-hydrogen) atoms. The Balaban J connectivity index is 0.000000771. The monoisotopic (exact) mass is 245 g/mol. The van der Waals surface area contributed by atoms with E-state index in [1.807, 2.05) is 39.1 Å². The molecule has 0 saturated carbocycles. The number of para-hydroxylation sites is 1. The number of aromatic amines is 1. The zero-order valence-electron chi connectivity index (χ0n) is 11.9. The third-order valence-electron chi connectivity index (χ3n) is 3.63. The minimum atomic E-state index is -0.138. The van der Waals surface area contributed by atoms with E-state index in [0.29, 0.717) is 0 Å². The van der Waals surface area contributed by atoms with Crippen LogP contribution >= 0.6 is 0 Å². The Morgan fingerprint density at radius 2 is 1.83 bits per heavy atom. The molecule has 2 rings (SSSR count). The average molecular weight is 245 g/mol. The zero-order valence-corrected chi connectivity index (χ0v) is 11.9. The molecule has 0 radical (unpaired) electrons. The van der Waals surface area contributed by atoms with Crippen LogP contribution in [0.2, 0.25) is 0 Å². The number of benzene rings is 1. The van der Waals surface area contributed by atoms with E-state index in [9.17, 15) is 4.79 Å². The maximum Gasteiger partial charge on any atom is 0.123 e. The molecule has 2 heteroatoms. The number of H-pyrrole nitrogens is 1. The van der Waals surface area contributed by atoms with Gasteiger partial charge >= 0.3 is 0 Å². The Morgan fingerprint density at radius 1 is 1.22 bits per heavy atom. The van der Waals surface area contributed by atoms with Crippen LogP contribution < -0.4 is 0 Å². The molecular weight excluding hydrogens is 222 g/mol. The summed E-state index contributed by atoms with van der Waals surface area (Å²) in [5.74, 6) is 0.00621. The molecule has 0 aliphatic carbocycles. The first kappa shape index (κ1) is 14.5. The highest BCUT2D eigenvalue weighted by Gasteiger charge is 2.29. The van der Waals surface area contributed by atoms with Gasteiger partial charge in [-0.3, -0.25) is 0 Å². The topological polar surface area (TPSA) is 32.9 Å². The van der Waals surface area contributed by atoms with Crippen LogP contribution in [0.4, 0.5) is 0 Å². The molecule has 1 N–H and O–H groups in total. The van der Waals surface area contributed by atoms with E-state index in [0.717, 1.165) is 11.8 Å². The van der Waals surface area contributed by atoms with Crippen LogP contribution in [0.25, 0.3) is 10.9 Å². The molecule has 1 aromatic heterocycles. The first-order valence-electron chi connectivity index (χ1n) is 6.59. The number of carbonyl (C=O) groups excluding carboxylic acids is 1. The third-order valence-corrected chi connectivity index (χ3v) is 3.63. The molecule has 1 aromatic carbocycles. The van der Waals surface area contributed by atoms with Crippen molar-refractivity contribution in [3.05, 3.63) is 36.0 Å². The fourth-order valence-electron chi connectivity index (χ4n) is 2.02. The Bertz CT molecular complexity index is 511. The lowest BCUT2D eigenvalue weighted by Crippen LogP contribution is -2.27. The second-order valence-electron chi connectivity index (χ2n) is 4.89. The molecule has 2 aromatic rings. The van der Waals surface area contributed by atoms with Gasteiger partial charge in [0.2, 0.25) is 0 Å². The molecule has 0 aliphatic heterocycles. The molecule has 1 atom stereocenters. The highest BCUT2D eigenvalue weighted by Crippen LogP contribution is 2.35. The largest absolute Gasteiger partial charge is 0.361 e. The summed E-state index contributed by atoms with van der Waals surface area (Å²) in [6.45, 7) is 10.2. The molecular formula is C16H23NO. The van der Waals surface area contributed by atoms with Gasteiger partial charge < -0.3 is 9.78 Å². The van der Waals surface area contributed by atoms with Crippen molar-refractivity contribution in [1.29, 1.82) is 0 Å². The number of aromatic nitrogens is 1. The predicted octanol–water partition coefficient (Wildman–Crippen LogP) is 4.31. The summed E-state index contributed by atoms with van der Waals surface area (Å²) in [6.07, 6.45) is 3.05. The number of aldehydes is 1. The van der Waals surface area contributed by atoms with Gasteiger partial charge in [-0.05, 0) is 11.6 Å². The fourth-order valence-corrected chi connectivity index (χ4v) is 2.02. The van der Waals surface area contributed by atoms with E-state index in [-0.39, 0.29) is 11.3 Å². The number of carbonyl (C=O) groups is 1. The zero-order chi connectivity index (χ0) is 13.8. The lowest BCUT2D eigenvalue weighted by molar-refractivity contribution is -0.112. The minimum Gasteiger partial charge on any atom is -0.361 e. The third kappa shape index (κ3) is 2.47. The number of rotatable bonds is 3. The van der Waals surface area contributed by atoms with Gasteiger partial charge in [-0.25, -0.2) is 0 Å².